The Morgan fingerprint density at radius 3 is 1.44 bits per heavy atom. The second kappa shape index (κ2) is 12.6. The van der Waals surface area contributed by atoms with E-state index in [1.807, 2.05) is 0 Å². The normalized spacial score (nSPS) is 18.5. The first-order valence-corrected chi connectivity index (χ1v) is 9.95. The van der Waals surface area contributed by atoms with Crippen LogP contribution in [0.15, 0.2) is 70.4 Å². The zero-order chi connectivity index (χ0) is 15.4. The Labute approximate surface area is 186 Å². The third kappa shape index (κ3) is 6.72. The fourth-order valence-corrected chi connectivity index (χ4v) is 5.35. The molecule has 2 aliphatic heterocycles. The van der Waals surface area contributed by atoms with Gasteiger partial charge in [-0.25, -0.2) is 0 Å². The molecule has 0 bridgehead atoms. The molecule has 4 aliphatic rings. The Kier molecular flexibility index (Phi) is 12.7. The average Bonchev–Trinajstić information content (AvgIpc) is 3.18. The summed E-state index contributed by atoms with van der Waals surface area (Å²) in [5.74, 6) is 0. The van der Waals surface area contributed by atoms with Crippen LogP contribution in [0.3, 0.4) is 0 Å². The first-order valence-electron chi connectivity index (χ1n) is 8.16. The Hall–Kier alpha value is 0.243. The molecule has 0 N–H and O–H groups in total. The van der Waals surface area contributed by atoms with Crippen molar-refractivity contribution >= 4 is 27.0 Å². The maximum atomic E-state index is 2.33. The van der Waals surface area contributed by atoms with Crippen LogP contribution < -0.4 is 24.8 Å². The average molecular weight is 486 g/mol. The maximum Gasteiger partial charge on any atom is 2.00 e. The number of halogens is 2. The van der Waals surface area contributed by atoms with Gasteiger partial charge in [0.2, 0.25) is 0 Å². The zero-order valence-corrected chi connectivity index (χ0v) is 20.4. The smallest absolute Gasteiger partial charge is 1.00 e. The van der Waals surface area contributed by atoms with Crippen molar-refractivity contribution in [1.29, 1.82) is 0 Å². The Morgan fingerprint density at radius 1 is 0.720 bits per heavy atom. The quantitative estimate of drug-likeness (QED) is 0.511. The van der Waals surface area contributed by atoms with Gasteiger partial charge in [0.15, 0.2) is 0 Å². The Bertz CT molecular complexity index is 658. The molecule has 4 rings (SSSR count). The molecule has 2 heterocycles. The van der Waals surface area contributed by atoms with Crippen molar-refractivity contribution in [2.75, 3.05) is 0 Å². The van der Waals surface area contributed by atoms with Crippen LogP contribution in [0.25, 0.3) is 0 Å². The van der Waals surface area contributed by atoms with Gasteiger partial charge in [0, 0.05) is 10.6 Å². The Morgan fingerprint density at radius 2 is 1.12 bits per heavy atom. The van der Waals surface area contributed by atoms with Crippen LogP contribution in [0, 0.1) is 0 Å². The maximum absolute atomic E-state index is 2.33. The van der Waals surface area contributed by atoms with Crippen molar-refractivity contribution in [1.82, 2.24) is 0 Å². The van der Waals surface area contributed by atoms with E-state index in [0.29, 0.717) is 0 Å². The second-order valence-corrected chi connectivity index (χ2v) is 8.29. The van der Waals surface area contributed by atoms with E-state index in [0.717, 1.165) is 0 Å². The Balaban J connectivity index is 0.000000411. The standard InChI is InChI=1S/2C10H11P.2ClH.Zr/c2*1-2-4-9-7-8-5-3-6-10(8)11-9;;;/h2*3,5-7H,2,4H2,1H3;2*1H;/q;;;;+2/p-2. The van der Waals surface area contributed by atoms with E-state index in [1.165, 1.54) is 63.9 Å². The van der Waals surface area contributed by atoms with E-state index in [-0.39, 0.29) is 51.0 Å². The van der Waals surface area contributed by atoms with Crippen molar-refractivity contribution in [3.05, 3.63) is 70.4 Å². The summed E-state index contributed by atoms with van der Waals surface area (Å²) >= 11 is 0. The molecule has 25 heavy (non-hydrogen) atoms. The summed E-state index contributed by atoms with van der Waals surface area (Å²) in [4.78, 5) is 0. The van der Waals surface area contributed by atoms with Crippen LogP contribution in [-0.4, -0.2) is 10.6 Å². The molecule has 0 aromatic rings. The van der Waals surface area contributed by atoms with Crippen molar-refractivity contribution in [3.63, 3.8) is 0 Å². The van der Waals surface area contributed by atoms with Gasteiger partial charge in [-0.2, -0.15) is 0 Å². The predicted molar refractivity (Wildman–Crippen MR) is 104 cm³/mol. The predicted octanol–water partition coefficient (Wildman–Crippen LogP) is 0.603. The van der Waals surface area contributed by atoms with Crippen molar-refractivity contribution < 1.29 is 51.0 Å². The minimum absolute atomic E-state index is 0. The SMILES string of the molecule is CCCC1=PC2=CC=CC2=C1.CCCC1=PC2=CC=CC2=C1.[Cl-].[Cl-].[Zr+2]. The van der Waals surface area contributed by atoms with Crippen molar-refractivity contribution in [3.8, 4) is 0 Å². The number of hydrogen-bond donors (Lipinski definition) is 0. The monoisotopic (exact) mass is 484 g/mol. The fraction of sp³-hybridized carbons (Fsp3) is 0.300. The third-order valence-electron chi connectivity index (χ3n) is 3.84. The molecule has 0 fully saturated rings. The molecule has 130 valence electrons. The van der Waals surface area contributed by atoms with Gasteiger partial charge in [0.25, 0.3) is 0 Å². The van der Waals surface area contributed by atoms with Gasteiger partial charge in [0.05, 0.1) is 0 Å². The summed E-state index contributed by atoms with van der Waals surface area (Å²) in [5.41, 5.74) is 2.88. The molecule has 2 aliphatic carbocycles. The van der Waals surface area contributed by atoms with Gasteiger partial charge < -0.3 is 24.8 Å². The van der Waals surface area contributed by atoms with Crippen molar-refractivity contribution in [2.24, 2.45) is 0 Å². The zero-order valence-electron chi connectivity index (χ0n) is 14.6. The van der Waals surface area contributed by atoms with E-state index in [2.05, 4.69) is 62.5 Å². The van der Waals surface area contributed by atoms with Gasteiger partial charge in [-0.15, -0.1) is 0 Å². The molecular weight excluding hydrogens is 464 g/mol. The van der Waals surface area contributed by atoms with Crippen LogP contribution in [0.1, 0.15) is 39.5 Å². The van der Waals surface area contributed by atoms with E-state index in [1.54, 1.807) is 10.6 Å². The van der Waals surface area contributed by atoms with E-state index < -0.39 is 0 Å². The molecule has 0 atom stereocenters. The topological polar surface area (TPSA) is 0 Å². The molecule has 0 saturated carbocycles. The summed E-state index contributed by atoms with van der Waals surface area (Å²) < 4.78 is 0. The molecule has 0 radical (unpaired) electrons. The molecule has 0 aromatic heterocycles. The number of rotatable bonds is 4. The minimum Gasteiger partial charge on any atom is -1.00 e. The van der Waals surface area contributed by atoms with E-state index in [9.17, 15) is 0 Å². The summed E-state index contributed by atoms with van der Waals surface area (Å²) in [6, 6.07) is 0. The first kappa shape index (κ1) is 25.2. The van der Waals surface area contributed by atoms with Crippen LogP contribution in [0.5, 0.6) is 0 Å². The van der Waals surface area contributed by atoms with Gasteiger partial charge in [-0.05, 0) is 58.9 Å². The number of fused-ring (bicyclic) bond motifs is 2. The fourth-order valence-electron chi connectivity index (χ4n) is 2.80. The van der Waals surface area contributed by atoms with E-state index in [4.69, 9.17) is 0 Å². The van der Waals surface area contributed by atoms with Gasteiger partial charge in [-0.1, -0.05) is 67.4 Å². The number of hydrogen-bond acceptors (Lipinski definition) is 0. The molecule has 0 spiro atoms. The molecular formula is C20H22Cl2P2Zr. The third-order valence-corrected chi connectivity index (χ3v) is 6.41. The van der Waals surface area contributed by atoms with Gasteiger partial charge >= 0.3 is 26.2 Å². The molecule has 0 aromatic carbocycles. The van der Waals surface area contributed by atoms with Crippen LogP contribution in [0.2, 0.25) is 0 Å². The second-order valence-electron chi connectivity index (χ2n) is 5.73. The van der Waals surface area contributed by atoms with Gasteiger partial charge in [-0.3, -0.25) is 0 Å². The summed E-state index contributed by atoms with van der Waals surface area (Å²) in [6.45, 7) is 4.47. The number of allylic oxidation sites excluding steroid dienone is 12. The van der Waals surface area contributed by atoms with Gasteiger partial charge in [0.1, 0.15) is 0 Å². The van der Waals surface area contributed by atoms with Crippen LogP contribution >= 0.6 is 16.4 Å². The minimum atomic E-state index is 0. The first-order chi connectivity index (χ1) is 10.8. The van der Waals surface area contributed by atoms with Crippen LogP contribution in [0.4, 0.5) is 0 Å². The summed E-state index contributed by atoms with van der Waals surface area (Å²) in [6.07, 6.45) is 22.8. The van der Waals surface area contributed by atoms with Crippen molar-refractivity contribution in [2.45, 2.75) is 39.5 Å². The molecule has 0 nitrogen and oxygen atoms in total. The van der Waals surface area contributed by atoms with Crippen LogP contribution in [-0.2, 0) is 26.2 Å². The summed E-state index contributed by atoms with van der Waals surface area (Å²) in [7, 11) is 2.89. The summed E-state index contributed by atoms with van der Waals surface area (Å²) in [5, 5.41) is 6.15. The molecule has 0 unspecified atom stereocenters. The molecule has 0 saturated heterocycles. The largest absolute Gasteiger partial charge is 2.00 e. The van der Waals surface area contributed by atoms with E-state index >= 15 is 0 Å². The molecule has 5 heteroatoms. The molecule has 0 amide bonds.